The summed E-state index contributed by atoms with van der Waals surface area (Å²) in [7, 11) is 0. The van der Waals surface area contributed by atoms with E-state index >= 15 is 0 Å². The molecule has 1 fully saturated rings. The zero-order valence-electron chi connectivity index (χ0n) is 8.37. The van der Waals surface area contributed by atoms with E-state index in [0.717, 1.165) is 23.7 Å². The Morgan fingerprint density at radius 2 is 1.93 bits per heavy atom. The van der Waals surface area contributed by atoms with Crippen LogP contribution in [0.2, 0.25) is 0 Å². The Morgan fingerprint density at radius 1 is 1.27 bits per heavy atom. The number of amidine groups is 2. The second-order valence-corrected chi connectivity index (χ2v) is 4.65. The summed E-state index contributed by atoms with van der Waals surface area (Å²) >= 11 is 11.8. The first-order valence-corrected chi connectivity index (χ1v) is 6.00. The third-order valence-corrected chi connectivity index (χ3v) is 3.45. The van der Waals surface area contributed by atoms with Gasteiger partial charge in [-0.3, -0.25) is 0 Å². The van der Waals surface area contributed by atoms with Crippen LogP contribution in [-0.4, -0.2) is 21.8 Å². The quantitative estimate of drug-likeness (QED) is 0.440. The molecule has 4 nitrogen and oxygen atoms in total. The number of hydrogen-bond donors (Lipinski definition) is 1. The number of hydrazine groups is 1. The van der Waals surface area contributed by atoms with Crippen LogP contribution in [0.1, 0.15) is 32.1 Å². The Bertz CT molecular complexity index is 296. The summed E-state index contributed by atoms with van der Waals surface area (Å²) in [6.07, 6.45) is 6.02. The van der Waals surface area contributed by atoms with E-state index in [9.17, 15) is 0 Å². The monoisotopic (exact) mass is 248 g/mol. The highest BCUT2D eigenvalue weighted by Crippen LogP contribution is 2.27. The molecule has 84 valence electrons. The van der Waals surface area contributed by atoms with Crippen LogP contribution < -0.4 is 5.84 Å². The van der Waals surface area contributed by atoms with Crippen LogP contribution in [0.3, 0.4) is 0 Å². The van der Waals surface area contributed by atoms with E-state index in [-0.39, 0.29) is 5.29 Å². The summed E-state index contributed by atoms with van der Waals surface area (Å²) < 4.78 is 0. The van der Waals surface area contributed by atoms with Crippen LogP contribution >= 0.6 is 23.2 Å². The fraction of sp³-hybridized carbons (Fsp3) is 0.778. The predicted molar refractivity (Wildman–Crippen MR) is 63.0 cm³/mol. The van der Waals surface area contributed by atoms with Crippen molar-refractivity contribution in [3.05, 3.63) is 0 Å². The van der Waals surface area contributed by atoms with Crippen LogP contribution in [0.4, 0.5) is 0 Å². The fourth-order valence-electron chi connectivity index (χ4n) is 2.00. The molecule has 1 aliphatic heterocycles. The van der Waals surface area contributed by atoms with Crippen LogP contribution in [0.15, 0.2) is 9.98 Å². The van der Waals surface area contributed by atoms with Gasteiger partial charge in [0, 0.05) is 5.92 Å². The van der Waals surface area contributed by atoms with Crippen molar-refractivity contribution in [1.29, 1.82) is 0 Å². The van der Waals surface area contributed by atoms with E-state index < -0.39 is 5.62 Å². The number of nitrogens with zero attached hydrogens (tertiary/aromatic N) is 3. The molecular formula is C9H14Cl2N4. The summed E-state index contributed by atoms with van der Waals surface area (Å²) in [6.45, 7) is 0. The lowest BCUT2D eigenvalue weighted by Gasteiger charge is -2.28. The van der Waals surface area contributed by atoms with Gasteiger partial charge in [-0.05, 0) is 24.4 Å². The Balaban J connectivity index is 2.12. The molecule has 0 bridgehead atoms. The van der Waals surface area contributed by atoms with E-state index in [1.165, 1.54) is 19.3 Å². The standard InChI is InChI=1S/C9H14Cl2N4/c10-8-13-7(14-9(11)15(8)12)6-4-2-1-3-5-6/h6,8H,1-5,12H2. The van der Waals surface area contributed by atoms with Crippen LogP contribution in [0.25, 0.3) is 0 Å². The molecule has 2 N–H and O–H groups in total. The van der Waals surface area contributed by atoms with Gasteiger partial charge in [-0.15, -0.1) is 0 Å². The Labute approximate surface area is 99.1 Å². The number of aliphatic imine (C=N–C) groups is 2. The van der Waals surface area contributed by atoms with Gasteiger partial charge in [0.05, 0.1) is 0 Å². The summed E-state index contributed by atoms with van der Waals surface area (Å²) in [5.74, 6) is 6.72. The summed E-state index contributed by atoms with van der Waals surface area (Å²) in [5.41, 5.74) is -0.619. The molecule has 1 heterocycles. The van der Waals surface area contributed by atoms with Crippen molar-refractivity contribution in [2.24, 2.45) is 21.7 Å². The molecular weight excluding hydrogens is 235 g/mol. The molecule has 0 saturated heterocycles. The molecule has 15 heavy (non-hydrogen) atoms. The van der Waals surface area contributed by atoms with Crippen molar-refractivity contribution in [3.63, 3.8) is 0 Å². The number of hydrogen-bond acceptors (Lipinski definition) is 4. The number of halogens is 2. The average molecular weight is 249 g/mol. The Morgan fingerprint density at radius 3 is 2.53 bits per heavy atom. The molecule has 0 aromatic carbocycles. The minimum atomic E-state index is -0.619. The molecule has 1 unspecified atom stereocenters. The van der Waals surface area contributed by atoms with Gasteiger partial charge in [0.2, 0.25) is 10.9 Å². The van der Waals surface area contributed by atoms with Gasteiger partial charge in [-0.25, -0.2) is 20.8 Å². The van der Waals surface area contributed by atoms with E-state index in [4.69, 9.17) is 29.0 Å². The minimum Gasteiger partial charge on any atom is -0.246 e. The van der Waals surface area contributed by atoms with Gasteiger partial charge in [-0.2, -0.15) is 0 Å². The highest BCUT2D eigenvalue weighted by molar-refractivity contribution is 6.65. The van der Waals surface area contributed by atoms with Gasteiger partial charge in [-0.1, -0.05) is 30.9 Å². The van der Waals surface area contributed by atoms with Crippen molar-refractivity contribution in [1.82, 2.24) is 5.01 Å². The molecule has 0 spiro atoms. The van der Waals surface area contributed by atoms with Crippen LogP contribution in [-0.2, 0) is 0 Å². The smallest absolute Gasteiger partial charge is 0.217 e. The first-order valence-electron chi connectivity index (χ1n) is 5.18. The molecule has 0 aromatic rings. The maximum absolute atomic E-state index is 5.92. The minimum absolute atomic E-state index is 0.227. The van der Waals surface area contributed by atoms with Gasteiger partial charge in [0.1, 0.15) is 5.84 Å². The second kappa shape index (κ2) is 4.68. The van der Waals surface area contributed by atoms with Crippen molar-refractivity contribution >= 4 is 34.3 Å². The zero-order valence-corrected chi connectivity index (χ0v) is 9.88. The average Bonchev–Trinajstić information content (AvgIpc) is 2.26. The van der Waals surface area contributed by atoms with Gasteiger partial charge >= 0.3 is 0 Å². The van der Waals surface area contributed by atoms with E-state index in [0.29, 0.717) is 5.92 Å². The van der Waals surface area contributed by atoms with Crippen LogP contribution in [0, 0.1) is 5.92 Å². The molecule has 2 rings (SSSR count). The van der Waals surface area contributed by atoms with Crippen molar-refractivity contribution in [2.75, 3.05) is 0 Å². The molecule has 1 saturated carbocycles. The third-order valence-electron chi connectivity index (χ3n) is 2.86. The lowest BCUT2D eigenvalue weighted by molar-refractivity contribution is 0.399. The zero-order chi connectivity index (χ0) is 10.8. The largest absolute Gasteiger partial charge is 0.246 e. The first-order chi connectivity index (χ1) is 7.18. The number of rotatable bonds is 1. The van der Waals surface area contributed by atoms with Crippen LogP contribution in [0.5, 0.6) is 0 Å². The van der Waals surface area contributed by atoms with Crippen molar-refractivity contribution in [2.45, 2.75) is 37.7 Å². The second-order valence-electron chi connectivity index (χ2n) is 3.92. The highest BCUT2D eigenvalue weighted by Gasteiger charge is 2.26. The maximum atomic E-state index is 5.92. The predicted octanol–water partition coefficient (Wildman–Crippen LogP) is 2.27. The highest BCUT2D eigenvalue weighted by atomic mass is 35.5. The molecule has 2 aliphatic rings. The van der Waals surface area contributed by atoms with E-state index in [2.05, 4.69) is 9.98 Å². The molecule has 1 atom stereocenters. The molecule has 0 amide bonds. The first kappa shape index (κ1) is 11.2. The number of nitrogens with two attached hydrogens (primary N) is 1. The van der Waals surface area contributed by atoms with Gasteiger partial charge in [0.15, 0.2) is 0 Å². The van der Waals surface area contributed by atoms with E-state index in [1.54, 1.807) is 0 Å². The number of alkyl halides is 1. The van der Waals surface area contributed by atoms with Gasteiger partial charge in [0.25, 0.3) is 0 Å². The van der Waals surface area contributed by atoms with Crippen molar-refractivity contribution < 1.29 is 0 Å². The summed E-state index contributed by atoms with van der Waals surface area (Å²) in [4.78, 5) is 8.43. The molecule has 1 aliphatic carbocycles. The Hall–Kier alpha value is -0.320. The fourth-order valence-corrected chi connectivity index (χ4v) is 2.42. The maximum Gasteiger partial charge on any atom is 0.217 e. The van der Waals surface area contributed by atoms with E-state index in [1.807, 2.05) is 0 Å². The molecule has 0 aromatic heterocycles. The SMILES string of the molecule is NN1C(Cl)=NC(C2CCCCC2)=NC1Cl. The van der Waals surface area contributed by atoms with Crippen molar-refractivity contribution in [3.8, 4) is 0 Å². The summed E-state index contributed by atoms with van der Waals surface area (Å²) in [6, 6.07) is 0. The Kier molecular flexibility index (Phi) is 3.49. The van der Waals surface area contributed by atoms with Gasteiger partial charge < -0.3 is 0 Å². The lowest BCUT2D eigenvalue weighted by atomic mass is 9.88. The normalized spacial score (nSPS) is 28.7. The topological polar surface area (TPSA) is 54.0 Å². The third kappa shape index (κ3) is 2.44. The molecule has 0 radical (unpaired) electrons. The lowest BCUT2D eigenvalue weighted by Crippen LogP contribution is -2.43. The summed E-state index contributed by atoms with van der Waals surface area (Å²) in [5, 5.41) is 1.39. The molecule has 6 heteroatoms.